The Morgan fingerprint density at radius 2 is 1.85 bits per heavy atom. The van der Waals surface area contributed by atoms with Gasteiger partial charge in [0.1, 0.15) is 6.17 Å². The predicted molar refractivity (Wildman–Crippen MR) is 77.2 cm³/mol. The molecule has 3 rings (SSSR count). The molecule has 1 aromatic heterocycles. The summed E-state index contributed by atoms with van der Waals surface area (Å²) in [7, 11) is 0. The highest BCUT2D eigenvalue weighted by molar-refractivity contribution is 5.23. The minimum absolute atomic E-state index is 0.600. The molecule has 1 aliphatic rings. The van der Waals surface area contributed by atoms with Crippen LogP contribution in [0.4, 0.5) is 4.39 Å². The third-order valence-corrected chi connectivity index (χ3v) is 3.82. The molecule has 20 heavy (non-hydrogen) atoms. The molecule has 0 radical (unpaired) electrons. The maximum absolute atomic E-state index is 13.1. The van der Waals surface area contributed by atoms with Crippen LogP contribution in [-0.4, -0.2) is 33.9 Å². The number of benzene rings is 1. The van der Waals surface area contributed by atoms with Gasteiger partial charge in [0.2, 0.25) is 0 Å². The number of hydrogen-bond donors (Lipinski definition) is 0. The quantitative estimate of drug-likeness (QED) is 0.854. The monoisotopic (exact) mass is 273 g/mol. The van der Waals surface area contributed by atoms with Gasteiger partial charge in [-0.15, -0.1) is 0 Å². The molecular weight excluding hydrogens is 253 g/mol. The summed E-state index contributed by atoms with van der Waals surface area (Å²) in [6.45, 7) is 3.45. The zero-order valence-corrected chi connectivity index (χ0v) is 11.6. The first-order valence-electron chi connectivity index (χ1n) is 7.21. The van der Waals surface area contributed by atoms with Crippen LogP contribution in [-0.2, 0) is 13.1 Å². The number of rotatable bonds is 4. The molecule has 0 amide bonds. The SMILES string of the molecule is FC1CCN(Cc2cccc(Cn3cccn3)c2)CC1. The van der Waals surface area contributed by atoms with E-state index in [1.54, 1.807) is 6.20 Å². The van der Waals surface area contributed by atoms with Crippen molar-refractivity contribution in [1.29, 1.82) is 0 Å². The highest BCUT2D eigenvalue weighted by Gasteiger charge is 2.18. The first-order valence-corrected chi connectivity index (χ1v) is 7.21. The number of piperidine rings is 1. The molecule has 0 saturated carbocycles. The maximum atomic E-state index is 13.1. The second-order valence-corrected chi connectivity index (χ2v) is 5.47. The Morgan fingerprint density at radius 3 is 2.55 bits per heavy atom. The summed E-state index contributed by atoms with van der Waals surface area (Å²) in [5, 5.41) is 4.23. The summed E-state index contributed by atoms with van der Waals surface area (Å²) in [4.78, 5) is 2.34. The van der Waals surface area contributed by atoms with E-state index in [0.717, 1.165) is 26.2 Å². The van der Waals surface area contributed by atoms with Crippen molar-refractivity contribution in [2.24, 2.45) is 0 Å². The van der Waals surface area contributed by atoms with E-state index < -0.39 is 6.17 Å². The lowest BCUT2D eigenvalue weighted by Crippen LogP contribution is -2.33. The second kappa shape index (κ2) is 6.18. The Morgan fingerprint density at radius 1 is 1.10 bits per heavy atom. The van der Waals surface area contributed by atoms with Gasteiger partial charge < -0.3 is 0 Å². The molecular formula is C16H20FN3. The molecule has 106 valence electrons. The summed E-state index contributed by atoms with van der Waals surface area (Å²) in [6.07, 6.45) is 4.52. The van der Waals surface area contributed by atoms with Gasteiger partial charge in [0.15, 0.2) is 0 Å². The number of likely N-dealkylation sites (tertiary alicyclic amines) is 1. The lowest BCUT2D eigenvalue weighted by atomic mass is 10.1. The summed E-state index contributed by atoms with van der Waals surface area (Å²) in [6, 6.07) is 10.5. The van der Waals surface area contributed by atoms with E-state index >= 15 is 0 Å². The van der Waals surface area contributed by atoms with E-state index in [-0.39, 0.29) is 0 Å². The van der Waals surface area contributed by atoms with Gasteiger partial charge in [-0.05, 0) is 30.0 Å². The van der Waals surface area contributed by atoms with Crippen molar-refractivity contribution in [2.45, 2.75) is 32.1 Å². The third kappa shape index (κ3) is 3.45. The Labute approximate surface area is 119 Å². The van der Waals surface area contributed by atoms with Crippen molar-refractivity contribution >= 4 is 0 Å². The summed E-state index contributed by atoms with van der Waals surface area (Å²) >= 11 is 0. The van der Waals surface area contributed by atoms with Crippen molar-refractivity contribution in [3.63, 3.8) is 0 Å². The maximum Gasteiger partial charge on any atom is 0.103 e. The topological polar surface area (TPSA) is 21.1 Å². The Bertz CT molecular complexity index is 530. The Kier molecular flexibility index (Phi) is 4.11. The fourth-order valence-electron chi connectivity index (χ4n) is 2.73. The first-order chi connectivity index (χ1) is 9.79. The van der Waals surface area contributed by atoms with Crippen molar-refractivity contribution in [2.75, 3.05) is 13.1 Å². The van der Waals surface area contributed by atoms with E-state index in [4.69, 9.17) is 0 Å². The second-order valence-electron chi connectivity index (χ2n) is 5.47. The molecule has 1 aliphatic heterocycles. The molecule has 0 atom stereocenters. The largest absolute Gasteiger partial charge is 0.299 e. The van der Waals surface area contributed by atoms with Crippen molar-refractivity contribution in [1.82, 2.24) is 14.7 Å². The molecule has 4 heteroatoms. The van der Waals surface area contributed by atoms with Gasteiger partial charge in [-0.2, -0.15) is 5.10 Å². The molecule has 0 aliphatic carbocycles. The van der Waals surface area contributed by atoms with E-state index in [9.17, 15) is 4.39 Å². The lowest BCUT2D eigenvalue weighted by molar-refractivity contribution is 0.145. The third-order valence-electron chi connectivity index (χ3n) is 3.82. The fraction of sp³-hybridized carbons (Fsp3) is 0.438. The number of alkyl halides is 1. The first kappa shape index (κ1) is 13.3. The molecule has 3 nitrogen and oxygen atoms in total. The average molecular weight is 273 g/mol. The van der Waals surface area contributed by atoms with Crippen LogP contribution in [0.2, 0.25) is 0 Å². The van der Waals surface area contributed by atoms with Crippen molar-refractivity contribution < 1.29 is 4.39 Å². The molecule has 1 aromatic carbocycles. The van der Waals surface area contributed by atoms with Crippen LogP contribution in [0.3, 0.4) is 0 Å². The minimum Gasteiger partial charge on any atom is -0.299 e. The zero-order chi connectivity index (χ0) is 13.8. The molecule has 0 spiro atoms. The van der Waals surface area contributed by atoms with Gasteiger partial charge in [0.25, 0.3) is 0 Å². The molecule has 2 heterocycles. The standard InChI is InChI=1S/C16H20FN3/c17-16-5-9-19(10-6-16)12-14-3-1-4-15(11-14)13-20-8-2-7-18-20/h1-4,7-8,11,16H,5-6,9-10,12-13H2. The van der Waals surface area contributed by atoms with Gasteiger partial charge >= 0.3 is 0 Å². The molecule has 1 saturated heterocycles. The number of nitrogens with zero attached hydrogens (tertiary/aromatic N) is 3. The van der Waals surface area contributed by atoms with Crippen LogP contribution in [0.15, 0.2) is 42.7 Å². The number of aromatic nitrogens is 2. The van der Waals surface area contributed by atoms with E-state index in [1.807, 2.05) is 16.9 Å². The molecule has 1 fully saturated rings. The lowest BCUT2D eigenvalue weighted by Gasteiger charge is -2.28. The van der Waals surface area contributed by atoms with Gasteiger partial charge in [0, 0.05) is 32.0 Å². The summed E-state index contributed by atoms with van der Waals surface area (Å²) in [5.41, 5.74) is 2.55. The van der Waals surface area contributed by atoms with E-state index in [1.165, 1.54) is 11.1 Å². The van der Waals surface area contributed by atoms with Crippen LogP contribution in [0.25, 0.3) is 0 Å². The van der Waals surface area contributed by atoms with Crippen LogP contribution < -0.4 is 0 Å². The van der Waals surface area contributed by atoms with Crippen LogP contribution in [0, 0.1) is 0 Å². The van der Waals surface area contributed by atoms with Crippen LogP contribution in [0.5, 0.6) is 0 Å². The normalized spacial score (nSPS) is 17.4. The van der Waals surface area contributed by atoms with Gasteiger partial charge in [0.05, 0.1) is 6.54 Å². The molecule has 0 bridgehead atoms. The van der Waals surface area contributed by atoms with Crippen molar-refractivity contribution in [3.05, 3.63) is 53.9 Å². The van der Waals surface area contributed by atoms with Crippen LogP contribution >= 0.6 is 0 Å². The van der Waals surface area contributed by atoms with E-state index in [2.05, 4.69) is 34.3 Å². The minimum atomic E-state index is -0.600. The van der Waals surface area contributed by atoms with Crippen LogP contribution in [0.1, 0.15) is 24.0 Å². The highest BCUT2D eigenvalue weighted by atomic mass is 19.1. The summed E-state index contributed by atoms with van der Waals surface area (Å²) < 4.78 is 15.1. The van der Waals surface area contributed by atoms with Gasteiger partial charge in [-0.3, -0.25) is 9.58 Å². The number of halogens is 1. The molecule has 0 unspecified atom stereocenters. The highest BCUT2D eigenvalue weighted by Crippen LogP contribution is 2.16. The Hall–Kier alpha value is -1.68. The average Bonchev–Trinajstić information content (AvgIpc) is 2.95. The smallest absolute Gasteiger partial charge is 0.103 e. The summed E-state index contributed by atoms with van der Waals surface area (Å²) in [5.74, 6) is 0. The predicted octanol–water partition coefficient (Wildman–Crippen LogP) is 2.87. The fourth-order valence-corrected chi connectivity index (χ4v) is 2.73. The van der Waals surface area contributed by atoms with Crippen molar-refractivity contribution in [3.8, 4) is 0 Å². The van der Waals surface area contributed by atoms with E-state index in [0.29, 0.717) is 12.8 Å². The zero-order valence-electron chi connectivity index (χ0n) is 11.6. The molecule has 2 aromatic rings. The molecule has 0 N–H and O–H groups in total. The van der Waals surface area contributed by atoms with Gasteiger partial charge in [-0.25, -0.2) is 4.39 Å². The Balaban J connectivity index is 1.62. The number of hydrogen-bond acceptors (Lipinski definition) is 2. The van der Waals surface area contributed by atoms with Gasteiger partial charge in [-0.1, -0.05) is 24.3 Å².